The summed E-state index contributed by atoms with van der Waals surface area (Å²) in [5, 5.41) is 4.87. The first-order valence-corrected chi connectivity index (χ1v) is 9.68. The summed E-state index contributed by atoms with van der Waals surface area (Å²) in [7, 11) is 0. The van der Waals surface area contributed by atoms with E-state index in [9.17, 15) is 9.18 Å². The van der Waals surface area contributed by atoms with Crippen molar-refractivity contribution in [2.45, 2.75) is 13.2 Å². The maximum absolute atomic E-state index is 13.5. The zero-order valence-electron chi connectivity index (χ0n) is 16.1. The molecule has 0 unspecified atom stereocenters. The van der Waals surface area contributed by atoms with Crippen LogP contribution in [0, 0.1) is 11.7 Å². The number of ether oxygens (including phenoxy) is 2. The van der Waals surface area contributed by atoms with Gasteiger partial charge in [-0.2, -0.15) is 10.1 Å². The molecule has 0 saturated carbocycles. The molecule has 1 saturated heterocycles. The molecular weight excluding hydrogens is 387 g/mol. The minimum atomic E-state index is -0.348. The average Bonchev–Trinajstić information content (AvgIpc) is 3.13. The average molecular weight is 406 g/mol. The molecule has 0 radical (unpaired) electrons. The second-order valence-corrected chi connectivity index (χ2v) is 7.28. The van der Waals surface area contributed by atoms with Crippen molar-refractivity contribution in [2.24, 2.45) is 5.92 Å². The van der Waals surface area contributed by atoms with Crippen LogP contribution >= 0.6 is 0 Å². The summed E-state index contributed by atoms with van der Waals surface area (Å²) in [6.07, 6.45) is 1.72. The van der Waals surface area contributed by atoms with Gasteiger partial charge in [0, 0.05) is 18.7 Å². The van der Waals surface area contributed by atoms with E-state index in [1.165, 1.54) is 16.7 Å². The fraction of sp³-hybridized carbons (Fsp3) is 0.227. The Hall–Kier alpha value is -3.52. The van der Waals surface area contributed by atoms with Crippen LogP contribution in [0.4, 0.5) is 4.39 Å². The Labute approximate surface area is 171 Å². The normalized spacial score (nSPS) is 14.0. The van der Waals surface area contributed by atoms with Gasteiger partial charge < -0.3 is 9.47 Å². The SMILES string of the molecule is O=c1c2cn(CC3COC3)nc2nc(OCc2cccc(F)c2)n1-c1ccccc1. The van der Waals surface area contributed by atoms with E-state index in [-0.39, 0.29) is 24.0 Å². The number of fused-ring (bicyclic) bond motifs is 1. The molecule has 1 fully saturated rings. The predicted octanol–water partition coefficient (Wildman–Crippen LogP) is 2.95. The van der Waals surface area contributed by atoms with E-state index >= 15 is 0 Å². The molecule has 30 heavy (non-hydrogen) atoms. The number of rotatable bonds is 6. The highest BCUT2D eigenvalue weighted by Gasteiger charge is 2.21. The Morgan fingerprint density at radius 1 is 1.13 bits per heavy atom. The summed E-state index contributed by atoms with van der Waals surface area (Å²) >= 11 is 0. The quantitative estimate of drug-likeness (QED) is 0.492. The van der Waals surface area contributed by atoms with E-state index in [4.69, 9.17) is 9.47 Å². The molecule has 2 aromatic carbocycles. The fourth-order valence-corrected chi connectivity index (χ4v) is 3.42. The van der Waals surface area contributed by atoms with Crippen molar-refractivity contribution in [2.75, 3.05) is 13.2 Å². The van der Waals surface area contributed by atoms with Gasteiger partial charge in [-0.25, -0.2) is 8.96 Å². The number of halogens is 1. The van der Waals surface area contributed by atoms with Crippen molar-refractivity contribution < 1.29 is 13.9 Å². The predicted molar refractivity (Wildman–Crippen MR) is 108 cm³/mol. The standard InChI is InChI=1S/C22H19FN4O3/c23-17-6-4-5-15(9-17)14-30-22-24-20-19(11-26(25-20)10-16-12-29-13-16)21(28)27(22)18-7-2-1-3-8-18/h1-9,11,16H,10,12-14H2. The molecule has 152 valence electrons. The Bertz CT molecular complexity index is 1250. The van der Waals surface area contributed by atoms with Crippen LogP contribution in [0.5, 0.6) is 6.01 Å². The van der Waals surface area contributed by atoms with Crippen LogP contribution in [-0.4, -0.2) is 32.5 Å². The van der Waals surface area contributed by atoms with Crippen LogP contribution in [0.2, 0.25) is 0 Å². The Kier molecular flexibility index (Phi) is 4.76. The Morgan fingerprint density at radius 3 is 2.70 bits per heavy atom. The molecule has 0 amide bonds. The lowest BCUT2D eigenvalue weighted by Gasteiger charge is -2.25. The summed E-state index contributed by atoms with van der Waals surface area (Å²) in [4.78, 5) is 17.8. The molecule has 8 heteroatoms. The first kappa shape index (κ1) is 18.5. The van der Waals surface area contributed by atoms with E-state index in [2.05, 4.69) is 10.1 Å². The van der Waals surface area contributed by atoms with Crippen molar-refractivity contribution in [3.8, 4) is 11.7 Å². The van der Waals surface area contributed by atoms with E-state index in [0.29, 0.717) is 48.0 Å². The zero-order chi connectivity index (χ0) is 20.5. The van der Waals surface area contributed by atoms with Gasteiger partial charge in [0.05, 0.1) is 18.9 Å². The van der Waals surface area contributed by atoms with Crippen LogP contribution in [-0.2, 0) is 17.9 Å². The van der Waals surface area contributed by atoms with Gasteiger partial charge in [-0.3, -0.25) is 9.48 Å². The van der Waals surface area contributed by atoms with Gasteiger partial charge in [0.2, 0.25) is 0 Å². The van der Waals surface area contributed by atoms with Gasteiger partial charge in [0.1, 0.15) is 17.8 Å². The number of aromatic nitrogens is 4. The van der Waals surface area contributed by atoms with E-state index in [1.807, 2.05) is 18.2 Å². The first-order valence-electron chi connectivity index (χ1n) is 9.68. The van der Waals surface area contributed by atoms with E-state index in [1.54, 1.807) is 35.1 Å². The van der Waals surface area contributed by atoms with Crippen LogP contribution in [0.15, 0.2) is 65.6 Å². The van der Waals surface area contributed by atoms with Crippen LogP contribution < -0.4 is 10.3 Å². The highest BCUT2D eigenvalue weighted by atomic mass is 19.1. The number of benzene rings is 2. The third kappa shape index (κ3) is 3.57. The monoisotopic (exact) mass is 406 g/mol. The molecule has 0 N–H and O–H groups in total. The minimum absolute atomic E-state index is 0.0721. The van der Waals surface area contributed by atoms with E-state index < -0.39 is 0 Å². The lowest BCUT2D eigenvalue weighted by atomic mass is 10.1. The van der Waals surface area contributed by atoms with Gasteiger partial charge in [-0.1, -0.05) is 30.3 Å². The number of nitrogens with zero attached hydrogens (tertiary/aromatic N) is 4. The summed E-state index contributed by atoms with van der Waals surface area (Å²) in [5.41, 5.74) is 1.32. The van der Waals surface area contributed by atoms with Crippen LogP contribution in [0.25, 0.3) is 16.7 Å². The van der Waals surface area contributed by atoms with Crippen molar-refractivity contribution in [1.82, 2.24) is 19.3 Å². The molecule has 1 aliphatic rings. The van der Waals surface area contributed by atoms with Crippen molar-refractivity contribution >= 4 is 11.0 Å². The molecule has 1 aliphatic heterocycles. The van der Waals surface area contributed by atoms with Crippen molar-refractivity contribution in [1.29, 1.82) is 0 Å². The molecule has 3 heterocycles. The van der Waals surface area contributed by atoms with Crippen LogP contribution in [0.1, 0.15) is 5.56 Å². The molecule has 4 aromatic rings. The van der Waals surface area contributed by atoms with Gasteiger partial charge in [0.25, 0.3) is 5.56 Å². The smallest absolute Gasteiger partial charge is 0.306 e. The number of para-hydroxylation sites is 1. The molecule has 0 spiro atoms. The zero-order valence-corrected chi connectivity index (χ0v) is 16.1. The highest BCUT2D eigenvalue weighted by Crippen LogP contribution is 2.20. The summed E-state index contributed by atoms with van der Waals surface area (Å²) in [6, 6.07) is 15.4. The van der Waals surface area contributed by atoms with Gasteiger partial charge in [0.15, 0.2) is 5.65 Å². The maximum Gasteiger partial charge on any atom is 0.306 e. The lowest BCUT2D eigenvalue weighted by Crippen LogP contribution is -2.31. The first-order chi connectivity index (χ1) is 14.7. The number of hydrogen-bond acceptors (Lipinski definition) is 5. The Morgan fingerprint density at radius 2 is 1.97 bits per heavy atom. The van der Waals surface area contributed by atoms with Crippen LogP contribution in [0.3, 0.4) is 0 Å². The highest BCUT2D eigenvalue weighted by molar-refractivity contribution is 5.73. The molecule has 2 aromatic heterocycles. The molecular formula is C22H19FN4O3. The lowest BCUT2D eigenvalue weighted by molar-refractivity contribution is -0.0407. The van der Waals surface area contributed by atoms with Crippen molar-refractivity contribution in [3.63, 3.8) is 0 Å². The maximum atomic E-state index is 13.5. The molecule has 7 nitrogen and oxygen atoms in total. The largest absolute Gasteiger partial charge is 0.459 e. The second-order valence-electron chi connectivity index (χ2n) is 7.28. The Balaban J connectivity index is 1.56. The molecule has 5 rings (SSSR count). The van der Waals surface area contributed by atoms with Gasteiger partial charge in [-0.15, -0.1) is 0 Å². The van der Waals surface area contributed by atoms with Gasteiger partial charge >= 0.3 is 6.01 Å². The number of hydrogen-bond donors (Lipinski definition) is 0. The topological polar surface area (TPSA) is 71.2 Å². The van der Waals surface area contributed by atoms with Gasteiger partial charge in [-0.05, 0) is 29.8 Å². The third-order valence-corrected chi connectivity index (χ3v) is 4.99. The molecule has 0 atom stereocenters. The summed E-state index contributed by atoms with van der Waals surface area (Å²) in [5.74, 6) is 0.0398. The third-order valence-electron chi connectivity index (χ3n) is 4.99. The van der Waals surface area contributed by atoms with Crippen molar-refractivity contribution in [3.05, 3.63) is 82.5 Å². The molecule has 0 aliphatic carbocycles. The molecule has 0 bridgehead atoms. The summed E-state index contributed by atoms with van der Waals surface area (Å²) in [6.45, 7) is 2.13. The van der Waals surface area contributed by atoms with E-state index in [0.717, 1.165) is 0 Å². The fourth-order valence-electron chi connectivity index (χ4n) is 3.42. The second kappa shape index (κ2) is 7.72. The minimum Gasteiger partial charge on any atom is -0.459 e. The summed E-state index contributed by atoms with van der Waals surface area (Å²) < 4.78 is 27.7.